The predicted molar refractivity (Wildman–Crippen MR) is 77.8 cm³/mol. The van der Waals surface area contributed by atoms with Crippen molar-refractivity contribution in [3.63, 3.8) is 0 Å². The zero-order chi connectivity index (χ0) is 14.6. The van der Waals surface area contributed by atoms with E-state index in [-0.39, 0.29) is 16.7 Å². The van der Waals surface area contributed by atoms with Gasteiger partial charge in [-0.3, -0.25) is 4.79 Å². The van der Waals surface area contributed by atoms with Crippen LogP contribution in [-0.4, -0.2) is 35.1 Å². The number of aliphatic hydroxyl groups is 1. The van der Waals surface area contributed by atoms with Crippen LogP contribution in [0.15, 0.2) is 0 Å². The van der Waals surface area contributed by atoms with E-state index in [0.29, 0.717) is 18.9 Å². The van der Waals surface area contributed by atoms with E-state index >= 15 is 0 Å². The quantitative estimate of drug-likeness (QED) is 0.802. The maximum absolute atomic E-state index is 12.9. The van der Waals surface area contributed by atoms with Crippen LogP contribution < -0.4 is 0 Å². The molecule has 110 valence electrons. The molecule has 3 nitrogen and oxygen atoms in total. The van der Waals surface area contributed by atoms with E-state index in [2.05, 4.69) is 12.8 Å². The molecule has 1 amide bonds. The average Bonchev–Trinajstić information content (AvgIpc) is 2.35. The van der Waals surface area contributed by atoms with Crippen LogP contribution in [0.5, 0.6) is 0 Å². The third-order valence-electron chi connectivity index (χ3n) is 6.03. The minimum absolute atomic E-state index is 0.163. The standard InChI is InChI=1S/C17H25NO2/c1-4-6-18(3)14(19)16-8-13-7-15(5-2,10-16)11-17(20,9-13)12-16/h1,13,20H,5-12H2,2-3H3. The van der Waals surface area contributed by atoms with Gasteiger partial charge in [-0.05, 0) is 49.9 Å². The Hall–Kier alpha value is -1.01. The Balaban J connectivity index is 1.94. The van der Waals surface area contributed by atoms with Crippen molar-refractivity contribution in [2.45, 2.75) is 57.5 Å². The number of rotatable bonds is 3. The second-order valence-corrected chi connectivity index (χ2v) is 7.73. The summed E-state index contributed by atoms with van der Waals surface area (Å²) in [5.74, 6) is 3.23. The van der Waals surface area contributed by atoms with Crippen molar-refractivity contribution >= 4 is 5.91 Å². The summed E-state index contributed by atoms with van der Waals surface area (Å²) in [6.45, 7) is 2.57. The maximum Gasteiger partial charge on any atom is 0.229 e. The molecule has 4 bridgehead atoms. The highest BCUT2D eigenvalue weighted by molar-refractivity contribution is 5.83. The van der Waals surface area contributed by atoms with Gasteiger partial charge < -0.3 is 10.0 Å². The third-order valence-corrected chi connectivity index (χ3v) is 6.03. The fourth-order valence-corrected chi connectivity index (χ4v) is 5.83. The highest BCUT2D eigenvalue weighted by atomic mass is 16.3. The van der Waals surface area contributed by atoms with Gasteiger partial charge in [-0.25, -0.2) is 0 Å². The first kappa shape index (κ1) is 13.9. The van der Waals surface area contributed by atoms with E-state index in [4.69, 9.17) is 6.42 Å². The molecule has 0 aliphatic heterocycles. The lowest BCUT2D eigenvalue weighted by Gasteiger charge is -2.64. The molecule has 4 aliphatic rings. The van der Waals surface area contributed by atoms with Gasteiger partial charge in [0.05, 0.1) is 17.6 Å². The van der Waals surface area contributed by atoms with Crippen molar-refractivity contribution in [2.24, 2.45) is 16.7 Å². The first-order chi connectivity index (χ1) is 9.36. The van der Waals surface area contributed by atoms with E-state index in [1.54, 1.807) is 11.9 Å². The van der Waals surface area contributed by atoms with Gasteiger partial charge in [0.15, 0.2) is 0 Å². The van der Waals surface area contributed by atoms with Crippen LogP contribution >= 0.6 is 0 Å². The molecule has 4 saturated carbocycles. The van der Waals surface area contributed by atoms with Crippen LogP contribution in [0.4, 0.5) is 0 Å². The molecule has 0 radical (unpaired) electrons. The Labute approximate surface area is 121 Å². The largest absolute Gasteiger partial charge is 0.390 e. The Bertz CT molecular complexity index is 482. The average molecular weight is 275 g/mol. The van der Waals surface area contributed by atoms with Gasteiger partial charge in [-0.1, -0.05) is 19.3 Å². The Morgan fingerprint density at radius 1 is 1.35 bits per heavy atom. The molecule has 4 aliphatic carbocycles. The van der Waals surface area contributed by atoms with Gasteiger partial charge in [-0.2, -0.15) is 0 Å². The summed E-state index contributed by atoms with van der Waals surface area (Å²) in [5.41, 5.74) is -0.779. The van der Waals surface area contributed by atoms with Crippen LogP contribution in [0.1, 0.15) is 51.9 Å². The zero-order valence-corrected chi connectivity index (χ0v) is 12.6. The number of terminal acetylenes is 1. The van der Waals surface area contributed by atoms with E-state index < -0.39 is 5.60 Å². The van der Waals surface area contributed by atoms with E-state index in [9.17, 15) is 9.90 Å². The summed E-state index contributed by atoms with van der Waals surface area (Å²) in [4.78, 5) is 14.6. The van der Waals surface area contributed by atoms with Gasteiger partial charge in [-0.15, -0.1) is 6.42 Å². The fourth-order valence-electron chi connectivity index (χ4n) is 5.83. The Morgan fingerprint density at radius 2 is 2.10 bits per heavy atom. The Kier molecular flexibility index (Phi) is 2.96. The zero-order valence-electron chi connectivity index (χ0n) is 12.6. The van der Waals surface area contributed by atoms with Gasteiger partial charge >= 0.3 is 0 Å². The number of carbonyl (C=O) groups is 1. The molecule has 4 unspecified atom stereocenters. The molecule has 0 spiro atoms. The molecule has 0 heterocycles. The monoisotopic (exact) mass is 275 g/mol. The lowest BCUT2D eigenvalue weighted by molar-refractivity contribution is -0.208. The number of carbonyl (C=O) groups excluding carboxylic acids is 1. The van der Waals surface area contributed by atoms with Crippen molar-refractivity contribution in [2.75, 3.05) is 13.6 Å². The van der Waals surface area contributed by atoms with Gasteiger partial charge in [0, 0.05) is 7.05 Å². The maximum atomic E-state index is 12.9. The minimum atomic E-state index is -0.609. The lowest BCUT2D eigenvalue weighted by Crippen LogP contribution is -2.63. The van der Waals surface area contributed by atoms with Crippen molar-refractivity contribution in [3.05, 3.63) is 0 Å². The molecule has 1 N–H and O–H groups in total. The second kappa shape index (κ2) is 4.24. The number of amides is 1. The minimum Gasteiger partial charge on any atom is -0.390 e. The topological polar surface area (TPSA) is 40.5 Å². The van der Waals surface area contributed by atoms with Crippen LogP contribution in [-0.2, 0) is 4.79 Å². The highest BCUT2D eigenvalue weighted by Gasteiger charge is 2.65. The van der Waals surface area contributed by atoms with E-state index in [1.807, 2.05) is 0 Å². The summed E-state index contributed by atoms with van der Waals surface area (Å²) < 4.78 is 0. The molecule has 0 aromatic heterocycles. The molecular formula is C17H25NO2. The molecule has 4 fully saturated rings. The van der Waals surface area contributed by atoms with Crippen molar-refractivity contribution in [3.8, 4) is 12.3 Å². The number of hydrogen-bond acceptors (Lipinski definition) is 2. The first-order valence-corrected chi connectivity index (χ1v) is 7.77. The lowest BCUT2D eigenvalue weighted by atomic mass is 9.42. The summed E-state index contributed by atoms with van der Waals surface area (Å²) in [6, 6.07) is 0. The molecule has 0 aromatic rings. The van der Waals surface area contributed by atoms with Gasteiger partial charge in [0.1, 0.15) is 0 Å². The molecule has 3 heteroatoms. The van der Waals surface area contributed by atoms with E-state index in [0.717, 1.165) is 32.1 Å². The SMILES string of the molecule is C#CCN(C)C(=O)C12CC3CC(O)(CC(CC)(C3)C1)C2. The van der Waals surface area contributed by atoms with Crippen LogP contribution in [0.2, 0.25) is 0 Å². The first-order valence-electron chi connectivity index (χ1n) is 7.77. The highest BCUT2D eigenvalue weighted by Crippen LogP contribution is 2.67. The number of nitrogens with zero attached hydrogens (tertiary/aromatic N) is 1. The third kappa shape index (κ3) is 1.89. The van der Waals surface area contributed by atoms with Crippen LogP contribution in [0.3, 0.4) is 0 Å². The normalized spacial score (nSPS) is 45.2. The smallest absolute Gasteiger partial charge is 0.229 e. The van der Waals surface area contributed by atoms with Crippen LogP contribution in [0.25, 0.3) is 0 Å². The van der Waals surface area contributed by atoms with Crippen molar-refractivity contribution < 1.29 is 9.90 Å². The Morgan fingerprint density at radius 3 is 2.70 bits per heavy atom. The van der Waals surface area contributed by atoms with Crippen molar-refractivity contribution in [1.29, 1.82) is 0 Å². The summed E-state index contributed by atoms with van der Waals surface area (Å²) >= 11 is 0. The molecule has 4 atom stereocenters. The molecule has 20 heavy (non-hydrogen) atoms. The molecule has 0 aromatic carbocycles. The summed E-state index contributed by atoms with van der Waals surface area (Å²) in [6.07, 6.45) is 11.9. The van der Waals surface area contributed by atoms with Crippen molar-refractivity contribution in [1.82, 2.24) is 4.90 Å². The summed E-state index contributed by atoms with van der Waals surface area (Å²) in [7, 11) is 1.80. The fraction of sp³-hybridized carbons (Fsp3) is 0.824. The molecule has 4 rings (SSSR count). The second-order valence-electron chi connectivity index (χ2n) is 7.73. The number of hydrogen-bond donors (Lipinski definition) is 1. The van der Waals surface area contributed by atoms with Gasteiger partial charge in [0.2, 0.25) is 5.91 Å². The van der Waals surface area contributed by atoms with E-state index in [1.165, 1.54) is 6.42 Å². The van der Waals surface area contributed by atoms with Crippen LogP contribution in [0, 0.1) is 29.1 Å². The predicted octanol–water partition coefficient (Wildman–Crippen LogP) is 2.19. The molecular weight excluding hydrogens is 250 g/mol. The summed E-state index contributed by atoms with van der Waals surface area (Å²) in [5, 5.41) is 10.9. The van der Waals surface area contributed by atoms with Gasteiger partial charge in [0.25, 0.3) is 0 Å². The molecule has 0 saturated heterocycles.